The molecule has 0 aromatic carbocycles. The van der Waals surface area contributed by atoms with Crippen LogP contribution >= 0.6 is 0 Å². The fraction of sp³-hybridized carbons (Fsp3) is 1.00. The van der Waals surface area contributed by atoms with Crippen molar-refractivity contribution in [3.8, 4) is 0 Å². The van der Waals surface area contributed by atoms with Gasteiger partial charge in [-0.2, -0.15) is 0 Å². The number of hydrogen-bond acceptors (Lipinski definition) is 4. The van der Waals surface area contributed by atoms with Crippen molar-refractivity contribution in [2.45, 2.75) is 70.1 Å². The van der Waals surface area contributed by atoms with Gasteiger partial charge in [0.25, 0.3) is 0 Å². The van der Waals surface area contributed by atoms with E-state index in [1.807, 2.05) is 0 Å². The molecule has 0 aliphatic carbocycles. The minimum Gasteiger partial charge on any atom is -0.378 e. The van der Waals surface area contributed by atoms with Gasteiger partial charge in [-0.1, -0.05) is 32.6 Å². The summed E-state index contributed by atoms with van der Waals surface area (Å²) in [7, 11) is 5.05. The lowest BCUT2D eigenvalue weighted by Gasteiger charge is -2.39. The van der Waals surface area contributed by atoms with Crippen molar-refractivity contribution in [1.82, 2.24) is 0 Å². The summed E-state index contributed by atoms with van der Waals surface area (Å²) < 4.78 is 22.2. The fourth-order valence-corrected chi connectivity index (χ4v) is 2.56. The van der Waals surface area contributed by atoms with Gasteiger partial charge in [0.15, 0.2) is 6.29 Å². The molecule has 0 amide bonds. The summed E-state index contributed by atoms with van der Waals surface area (Å²) >= 11 is 0. The van der Waals surface area contributed by atoms with Gasteiger partial charge >= 0.3 is 0 Å². The predicted molar refractivity (Wildman–Crippen MR) is 70.6 cm³/mol. The maximum absolute atomic E-state index is 5.92. The molecule has 1 aliphatic heterocycles. The van der Waals surface area contributed by atoms with Crippen LogP contribution in [0.3, 0.4) is 0 Å². The summed E-state index contributed by atoms with van der Waals surface area (Å²) in [5.41, 5.74) is 0. The Morgan fingerprint density at radius 3 is 2.33 bits per heavy atom. The van der Waals surface area contributed by atoms with E-state index in [0.29, 0.717) is 0 Å². The first-order valence-electron chi connectivity index (χ1n) is 7.00. The third-order valence-electron chi connectivity index (χ3n) is 3.64. The standard InChI is InChI=1S/C14H28O4/c1-5-6-7-8-9-11-10-12(15-2)13(16-3)14(17-4)18-11/h11-14H,5-10H2,1-4H3. The lowest BCUT2D eigenvalue weighted by Crippen LogP contribution is -2.50. The molecular weight excluding hydrogens is 232 g/mol. The van der Waals surface area contributed by atoms with Crippen molar-refractivity contribution in [2.24, 2.45) is 0 Å². The number of methoxy groups -OCH3 is 3. The van der Waals surface area contributed by atoms with Gasteiger partial charge in [-0.25, -0.2) is 0 Å². The van der Waals surface area contributed by atoms with Crippen LogP contribution in [0.15, 0.2) is 0 Å². The molecular formula is C14H28O4. The Hall–Kier alpha value is -0.160. The highest BCUT2D eigenvalue weighted by Gasteiger charge is 2.39. The first-order chi connectivity index (χ1) is 8.76. The highest BCUT2D eigenvalue weighted by Crippen LogP contribution is 2.27. The fourth-order valence-electron chi connectivity index (χ4n) is 2.56. The van der Waals surface area contributed by atoms with Crippen molar-refractivity contribution >= 4 is 0 Å². The molecule has 1 fully saturated rings. The van der Waals surface area contributed by atoms with Gasteiger partial charge in [-0.05, 0) is 6.42 Å². The Labute approximate surface area is 111 Å². The molecule has 1 aliphatic rings. The Kier molecular flexibility index (Phi) is 7.82. The van der Waals surface area contributed by atoms with E-state index in [4.69, 9.17) is 18.9 Å². The zero-order chi connectivity index (χ0) is 13.4. The minimum atomic E-state index is -0.315. The van der Waals surface area contributed by atoms with Crippen LogP contribution in [0.4, 0.5) is 0 Å². The molecule has 0 N–H and O–H groups in total. The quantitative estimate of drug-likeness (QED) is 0.629. The molecule has 108 valence electrons. The van der Waals surface area contributed by atoms with Gasteiger partial charge < -0.3 is 18.9 Å². The van der Waals surface area contributed by atoms with E-state index >= 15 is 0 Å². The molecule has 0 aromatic heterocycles. The second kappa shape index (κ2) is 8.86. The summed E-state index contributed by atoms with van der Waals surface area (Å²) in [6.07, 6.45) is 6.86. The normalized spacial score (nSPS) is 32.7. The lowest BCUT2D eigenvalue weighted by molar-refractivity contribution is -0.268. The maximum atomic E-state index is 5.92. The number of hydrogen-bond donors (Lipinski definition) is 0. The number of ether oxygens (including phenoxy) is 4. The molecule has 1 heterocycles. The number of rotatable bonds is 8. The van der Waals surface area contributed by atoms with Crippen LogP contribution in [0.5, 0.6) is 0 Å². The first-order valence-corrected chi connectivity index (χ1v) is 7.00. The smallest absolute Gasteiger partial charge is 0.186 e. The monoisotopic (exact) mass is 260 g/mol. The maximum Gasteiger partial charge on any atom is 0.186 e. The third kappa shape index (κ3) is 4.50. The van der Waals surface area contributed by atoms with Crippen molar-refractivity contribution in [2.75, 3.05) is 21.3 Å². The number of unbranched alkanes of at least 4 members (excludes halogenated alkanes) is 3. The van der Waals surface area contributed by atoms with E-state index in [1.54, 1.807) is 21.3 Å². The Bertz CT molecular complexity index is 196. The van der Waals surface area contributed by atoms with Gasteiger partial charge in [0.1, 0.15) is 6.10 Å². The molecule has 0 saturated carbocycles. The van der Waals surface area contributed by atoms with Crippen LogP contribution < -0.4 is 0 Å². The predicted octanol–water partition coefficient (Wildman–Crippen LogP) is 2.75. The molecule has 0 spiro atoms. The SMILES string of the molecule is CCCCCCC1CC(OC)C(OC)C(OC)O1. The van der Waals surface area contributed by atoms with Crippen molar-refractivity contribution < 1.29 is 18.9 Å². The second-order valence-corrected chi connectivity index (χ2v) is 4.92. The molecule has 4 unspecified atom stereocenters. The van der Waals surface area contributed by atoms with E-state index in [9.17, 15) is 0 Å². The van der Waals surface area contributed by atoms with Gasteiger partial charge in [-0.15, -0.1) is 0 Å². The minimum absolute atomic E-state index is 0.0601. The highest BCUT2D eigenvalue weighted by molar-refractivity contribution is 4.83. The van der Waals surface area contributed by atoms with Crippen LogP contribution in [-0.2, 0) is 18.9 Å². The third-order valence-corrected chi connectivity index (χ3v) is 3.64. The summed E-state index contributed by atoms with van der Waals surface area (Å²) in [4.78, 5) is 0. The molecule has 4 nitrogen and oxygen atoms in total. The second-order valence-electron chi connectivity index (χ2n) is 4.92. The van der Waals surface area contributed by atoms with Crippen LogP contribution in [0.25, 0.3) is 0 Å². The van der Waals surface area contributed by atoms with Gasteiger partial charge in [0.05, 0.1) is 12.2 Å². The summed E-state index contributed by atoms with van der Waals surface area (Å²) in [6, 6.07) is 0. The molecule has 4 heteroatoms. The molecule has 0 radical (unpaired) electrons. The highest BCUT2D eigenvalue weighted by atomic mass is 16.7. The Morgan fingerprint density at radius 1 is 1.00 bits per heavy atom. The molecule has 0 bridgehead atoms. The molecule has 1 rings (SSSR count). The summed E-state index contributed by atoms with van der Waals surface area (Å²) in [5.74, 6) is 0. The van der Waals surface area contributed by atoms with Crippen molar-refractivity contribution in [3.05, 3.63) is 0 Å². The first kappa shape index (κ1) is 15.9. The van der Waals surface area contributed by atoms with E-state index < -0.39 is 0 Å². The van der Waals surface area contributed by atoms with Gasteiger partial charge in [-0.3, -0.25) is 0 Å². The van der Waals surface area contributed by atoms with E-state index in [-0.39, 0.29) is 24.6 Å². The molecule has 0 aromatic rings. The molecule has 1 saturated heterocycles. The van der Waals surface area contributed by atoms with Crippen LogP contribution in [0.1, 0.15) is 45.4 Å². The van der Waals surface area contributed by atoms with E-state index in [0.717, 1.165) is 12.8 Å². The zero-order valence-electron chi connectivity index (χ0n) is 12.2. The Morgan fingerprint density at radius 2 is 1.78 bits per heavy atom. The summed E-state index contributed by atoms with van der Waals surface area (Å²) in [5, 5.41) is 0. The van der Waals surface area contributed by atoms with E-state index in [2.05, 4.69) is 6.92 Å². The molecule has 18 heavy (non-hydrogen) atoms. The molecule has 4 atom stereocenters. The van der Waals surface area contributed by atoms with E-state index in [1.165, 1.54) is 25.7 Å². The largest absolute Gasteiger partial charge is 0.378 e. The van der Waals surface area contributed by atoms with Crippen LogP contribution in [-0.4, -0.2) is 45.9 Å². The summed E-state index contributed by atoms with van der Waals surface area (Å²) in [6.45, 7) is 2.22. The lowest BCUT2D eigenvalue weighted by atomic mass is 9.97. The van der Waals surface area contributed by atoms with Crippen LogP contribution in [0, 0.1) is 0 Å². The topological polar surface area (TPSA) is 36.9 Å². The Balaban J connectivity index is 2.42. The van der Waals surface area contributed by atoms with Crippen molar-refractivity contribution in [3.63, 3.8) is 0 Å². The van der Waals surface area contributed by atoms with Gasteiger partial charge in [0.2, 0.25) is 0 Å². The van der Waals surface area contributed by atoms with Crippen molar-refractivity contribution in [1.29, 1.82) is 0 Å². The van der Waals surface area contributed by atoms with Crippen LogP contribution in [0.2, 0.25) is 0 Å². The van der Waals surface area contributed by atoms with Gasteiger partial charge in [0, 0.05) is 27.8 Å². The average Bonchev–Trinajstić information content (AvgIpc) is 2.42. The average molecular weight is 260 g/mol. The zero-order valence-corrected chi connectivity index (χ0v) is 12.2.